The summed E-state index contributed by atoms with van der Waals surface area (Å²) in [7, 11) is 0. The van der Waals surface area contributed by atoms with E-state index in [0.29, 0.717) is 42.8 Å². The predicted molar refractivity (Wildman–Crippen MR) is 179 cm³/mol. The van der Waals surface area contributed by atoms with Crippen molar-refractivity contribution in [2.75, 3.05) is 0 Å². The molecule has 0 spiro atoms. The van der Waals surface area contributed by atoms with Crippen LogP contribution in [-0.2, 0) is 0 Å². The van der Waals surface area contributed by atoms with Gasteiger partial charge in [0, 0.05) is 20.5 Å². The van der Waals surface area contributed by atoms with Crippen LogP contribution >= 0.6 is 11.3 Å². The van der Waals surface area contributed by atoms with Crippen molar-refractivity contribution in [3.05, 3.63) is 157 Å². The Morgan fingerprint density at radius 3 is 1.34 bits per heavy atom. The van der Waals surface area contributed by atoms with Crippen molar-refractivity contribution < 1.29 is 20.6 Å². The minimum atomic E-state index is -0.597. The molecule has 0 aliphatic heterocycles. The number of rotatable bonds is 4. The summed E-state index contributed by atoms with van der Waals surface area (Å²) in [6.07, 6.45) is 0. The zero-order valence-electron chi connectivity index (χ0n) is 36.3. The van der Waals surface area contributed by atoms with Gasteiger partial charge >= 0.3 is 0 Å². The number of hydrogen-bond donors (Lipinski definition) is 0. The molecule has 0 radical (unpaired) electrons. The van der Waals surface area contributed by atoms with Gasteiger partial charge in [-0.3, -0.25) is 0 Å². The fraction of sp³-hybridized carbons (Fsp3) is 0. The Labute approximate surface area is 264 Å². The van der Waals surface area contributed by atoms with Gasteiger partial charge in [-0.1, -0.05) is 151 Å². The van der Waals surface area contributed by atoms with Crippen LogP contribution in [0, 0.1) is 0 Å². The molecule has 0 fully saturated rings. The second-order valence-electron chi connectivity index (χ2n) is 9.36. The third-order valence-corrected chi connectivity index (χ3v) is 8.31. The van der Waals surface area contributed by atoms with Crippen molar-refractivity contribution in [1.29, 1.82) is 0 Å². The SMILES string of the molecule is [2H]c1c([2H])c([2H])c(-c2sc3cc(-c4c5ccccc5c(-c5c([2H])c([2H])c([2H])c([2H])c5[2H])c5ccccc45)ccc3c2-c2c([2H])c([2H])c([2H])c([2H])c2[2H])c([2H])c1[2H]. The lowest BCUT2D eigenvalue weighted by Gasteiger charge is -2.17. The van der Waals surface area contributed by atoms with E-state index in [2.05, 4.69) is 0 Å². The molecule has 1 aromatic heterocycles. The van der Waals surface area contributed by atoms with Gasteiger partial charge in [0.2, 0.25) is 0 Å². The Morgan fingerprint density at radius 1 is 0.390 bits per heavy atom. The van der Waals surface area contributed by atoms with Crippen LogP contribution < -0.4 is 0 Å². The summed E-state index contributed by atoms with van der Waals surface area (Å²) in [4.78, 5) is 0.138. The monoisotopic (exact) mass is 553 g/mol. The molecule has 0 atom stereocenters. The molecule has 8 aromatic rings. The van der Waals surface area contributed by atoms with E-state index in [4.69, 9.17) is 20.6 Å². The maximum atomic E-state index is 8.86. The minimum Gasteiger partial charge on any atom is -0.135 e. The topological polar surface area (TPSA) is 0 Å². The number of hydrogen-bond acceptors (Lipinski definition) is 1. The molecule has 1 heterocycles. The van der Waals surface area contributed by atoms with E-state index in [1.807, 2.05) is 42.5 Å². The lowest BCUT2D eigenvalue weighted by atomic mass is 9.86. The van der Waals surface area contributed by atoms with Crippen LogP contribution in [0.2, 0.25) is 0 Å². The van der Waals surface area contributed by atoms with Gasteiger partial charge in [-0.2, -0.15) is 0 Å². The highest BCUT2D eigenvalue weighted by atomic mass is 32.1. The first-order valence-corrected chi connectivity index (χ1v) is 13.6. The van der Waals surface area contributed by atoms with Crippen LogP contribution in [0.1, 0.15) is 20.6 Å². The number of benzene rings is 7. The summed E-state index contributed by atoms with van der Waals surface area (Å²) in [6, 6.07) is 12.5. The van der Waals surface area contributed by atoms with Gasteiger partial charge in [0.25, 0.3) is 0 Å². The predicted octanol–water partition coefficient (Wildman–Crippen LogP) is 11.9. The zero-order valence-corrected chi connectivity index (χ0v) is 22.1. The van der Waals surface area contributed by atoms with Gasteiger partial charge in [0.05, 0.1) is 20.6 Å². The average Bonchev–Trinajstić information content (AvgIpc) is 3.56. The van der Waals surface area contributed by atoms with E-state index >= 15 is 0 Å². The summed E-state index contributed by atoms with van der Waals surface area (Å²) in [6.45, 7) is 0. The van der Waals surface area contributed by atoms with E-state index in [1.54, 1.807) is 24.3 Å². The Balaban J connectivity index is 1.50. The Bertz CT molecular complexity index is 2900. The lowest BCUT2D eigenvalue weighted by Crippen LogP contribution is -1.90. The van der Waals surface area contributed by atoms with E-state index in [0.717, 1.165) is 16.9 Å². The van der Waals surface area contributed by atoms with Gasteiger partial charge in [0.15, 0.2) is 0 Å². The van der Waals surface area contributed by atoms with E-state index < -0.39 is 78.6 Å². The van der Waals surface area contributed by atoms with Gasteiger partial charge in [-0.25, -0.2) is 0 Å². The van der Waals surface area contributed by atoms with E-state index in [-0.39, 0.29) is 39.2 Å². The maximum absolute atomic E-state index is 8.86. The molecule has 0 N–H and O–H groups in total. The second-order valence-corrected chi connectivity index (χ2v) is 10.4. The van der Waals surface area contributed by atoms with Crippen molar-refractivity contribution >= 4 is 43.0 Å². The summed E-state index contributed by atoms with van der Waals surface area (Å²) in [5.74, 6) is 0. The molecule has 0 saturated heterocycles. The van der Waals surface area contributed by atoms with Gasteiger partial charge in [-0.15, -0.1) is 11.3 Å². The van der Waals surface area contributed by atoms with Gasteiger partial charge in [0.1, 0.15) is 0 Å². The molecule has 7 aromatic carbocycles. The van der Waals surface area contributed by atoms with Crippen LogP contribution in [0.15, 0.2) is 157 Å². The summed E-state index contributed by atoms with van der Waals surface area (Å²) in [5, 5.41) is 3.11. The fourth-order valence-corrected chi connectivity index (χ4v) is 6.70. The summed E-state index contributed by atoms with van der Waals surface area (Å²) in [5.41, 5.74) is 1.76. The molecule has 0 saturated carbocycles. The highest BCUT2D eigenvalue weighted by molar-refractivity contribution is 7.23. The van der Waals surface area contributed by atoms with Gasteiger partial charge < -0.3 is 0 Å². The second kappa shape index (κ2) is 9.89. The molecule has 0 unspecified atom stereocenters. The molecular weight excluding hydrogens is 513 g/mol. The standard InChI is InChI=1S/C40H26S/c1-4-14-27(15-5-1)37-31-20-10-12-22-33(31)38(34-23-13-11-21-32(34)37)30-24-25-35-36(26-30)41-40(29-18-8-3-9-19-29)39(35)28-16-6-2-7-17-28/h1-26H/i1D,2D,3D,4D,5D,6D,7D,8D,9D,14D,15D,16D,17D,18D,19D. The molecule has 192 valence electrons. The normalized spacial score (nSPS) is 16.5. The van der Waals surface area contributed by atoms with Crippen molar-refractivity contribution in [1.82, 2.24) is 0 Å². The largest absolute Gasteiger partial charge is 0.135 e. The van der Waals surface area contributed by atoms with Crippen molar-refractivity contribution in [3.8, 4) is 43.8 Å². The zero-order chi connectivity index (χ0) is 40.2. The molecule has 0 aliphatic rings. The highest BCUT2D eigenvalue weighted by Crippen LogP contribution is 2.48. The summed E-state index contributed by atoms with van der Waals surface area (Å²) < 4.78 is 129. The minimum absolute atomic E-state index is 0.0650. The van der Waals surface area contributed by atoms with Crippen molar-refractivity contribution in [2.45, 2.75) is 0 Å². The van der Waals surface area contributed by atoms with E-state index in [9.17, 15) is 0 Å². The average molecular weight is 554 g/mol. The quantitative estimate of drug-likeness (QED) is 0.190. The lowest BCUT2D eigenvalue weighted by molar-refractivity contribution is 1.65. The molecule has 0 nitrogen and oxygen atoms in total. The van der Waals surface area contributed by atoms with Crippen LogP contribution in [0.25, 0.3) is 75.5 Å². The van der Waals surface area contributed by atoms with Crippen LogP contribution in [0.4, 0.5) is 0 Å². The fourth-order valence-electron chi connectivity index (χ4n) is 5.50. The first kappa shape index (κ1) is 13.1. The molecule has 0 amide bonds. The molecule has 8 rings (SSSR count). The number of fused-ring (bicyclic) bond motifs is 3. The van der Waals surface area contributed by atoms with Crippen molar-refractivity contribution in [3.63, 3.8) is 0 Å². The molecule has 0 aliphatic carbocycles. The maximum Gasteiger partial charge on any atom is 0.0630 e. The third kappa shape index (κ3) is 3.97. The van der Waals surface area contributed by atoms with Crippen LogP contribution in [-0.4, -0.2) is 0 Å². The first-order chi connectivity index (χ1) is 26.6. The van der Waals surface area contributed by atoms with Crippen molar-refractivity contribution in [2.24, 2.45) is 0 Å². The smallest absolute Gasteiger partial charge is 0.0630 e. The Hall–Kier alpha value is -4.98. The molecule has 41 heavy (non-hydrogen) atoms. The van der Waals surface area contributed by atoms with Crippen LogP contribution in [0.5, 0.6) is 0 Å². The Kier molecular flexibility index (Phi) is 3.17. The Morgan fingerprint density at radius 2 is 0.829 bits per heavy atom. The first-order valence-electron chi connectivity index (χ1n) is 20.3. The van der Waals surface area contributed by atoms with Crippen LogP contribution in [0.3, 0.4) is 0 Å². The highest BCUT2D eigenvalue weighted by Gasteiger charge is 2.19. The van der Waals surface area contributed by atoms with Gasteiger partial charge in [-0.05, 0) is 61.0 Å². The molecule has 0 bridgehead atoms. The summed E-state index contributed by atoms with van der Waals surface area (Å²) >= 11 is 1.07. The van der Waals surface area contributed by atoms with E-state index in [1.165, 1.54) is 0 Å². The third-order valence-electron chi connectivity index (χ3n) is 7.14. The molecule has 1 heteroatoms. The number of thiophene rings is 1. The molecular formula is C40H26S.